The van der Waals surface area contributed by atoms with Gasteiger partial charge in [0, 0.05) is 18.8 Å². The summed E-state index contributed by atoms with van der Waals surface area (Å²) in [5, 5.41) is 0.697. The molecule has 1 aromatic carbocycles. The molecule has 0 aliphatic carbocycles. The monoisotopic (exact) mass is 323 g/mol. The Balaban J connectivity index is 1.84. The van der Waals surface area contributed by atoms with Gasteiger partial charge in [-0.05, 0) is 18.9 Å². The number of carbonyl (C=O) groups is 1. The fourth-order valence-corrected chi connectivity index (χ4v) is 2.20. The van der Waals surface area contributed by atoms with E-state index in [1.807, 2.05) is 31.2 Å². The van der Waals surface area contributed by atoms with E-state index in [2.05, 4.69) is 15.8 Å². The molecule has 2 aromatic rings. The molecular weight excluding hydrogens is 309 g/mol. The van der Waals surface area contributed by atoms with E-state index in [0.717, 1.165) is 5.56 Å². The number of halogens is 2. The normalized spacial score (nSPS) is 10.2. The van der Waals surface area contributed by atoms with E-state index < -0.39 is 0 Å². The largest absolute Gasteiger partial charge is 0.295 e. The van der Waals surface area contributed by atoms with Gasteiger partial charge in [0.15, 0.2) is 0 Å². The Morgan fingerprint density at radius 3 is 2.38 bits per heavy atom. The molecule has 1 aromatic heterocycles. The Kier molecular flexibility index (Phi) is 5.42. The summed E-state index contributed by atoms with van der Waals surface area (Å²) in [7, 11) is 0. The topological polar surface area (TPSA) is 54.0 Å². The quantitative estimate of drug-likeness (QED) is 0.823. The van der Waals surface area contributed by atoms with Crippen LogP contribution in [0.3, 0.4) is 0 Å². The van der Waals surface area contributed by atoms with Gasteiger partial charge >= 0.3 is 0 Å². The predicted molar refractivity (Wildman–Crippen MR) is 85.5 cm³/mol. The van der Waals surface area contributed by atoms with E-state index in [9.17, 15) is 4.79 Å². The molecule has 2 rings (SSSR count). The number of hydrazine groups is 1. The van der Waals surface area contributed by atoms with Crippen molar-refractivity contribution >= 4 is 34.8 Å². The number of pyridine rings is 1. The highest BCUT2D eigenvalue weighted by Gasteiger charge is 2.07. The first-order valence-corrected chi connectivity index (χ1v) is 7.21. The molecule has 0 saturated heterocycles. The predicted octanol–water partition coefficient (Wildman–Crippen LogP) is 3.77. The maximum Gasteiger partial charge on any atom is 0.238 e. The van der Waals surface area contributed by atoms with Crippen LogP contribution in [0.4, 0.5) is 5.69 Å². The van der Waals surface area contributed by atoms with Gasteiger partial charge in [-0.2, -0.15) is 0 Å². The van der Waals surface area contributed by atoms with E-state index in [1.165, 1.54) is 18.0 Å². The van der Waals surface area contributed by atoms with E-state index >= 15 is 0 Å². The van der Waals surface area contributed by atoms with E-state index in [4.69, 9.17) is 23.2 Å². The number of hydrogen-bond donors (Lipinski definition) is 2. The lowest BCUT2D eigenvalue weighted by molar-refractivity contribution is -0.120. The molecule has 110 valence electrons. The molecule has 0 bridgehead atoms. The standard InChI is InChI=1S/C15H15Cl2N3O/c1-10-2-4-11(5-3-10)6-7-14(21)19-20-15-12(16)8-18-9-13(15)17/h2-5,8-9H,6-7H2,1H3,(H,18,20)(H,19,21). The molecule has 0 unspecified atom stereocenters. The van der Waals surface area contributed by atoms with Crippen LogP contribution in [-0.2, 0) is 11.2 Å². The van der Waals surface area contributed by atoms with Crippen molar-refractivity contribution in [3.05, 3.63) is 57.8 Å². The van der Waals surface area contributed by atoms with Crippen molar-refractivity contribution in [2.45, 2.75) is 19.8 Å². The minimum Gasteiger partial charge on any atom is -0.295 e. The smallest absolute Gasteiger partial charge is 0.238 e. The first-order chi connectivity index (χ1) is 10.1. The van der Waals surface area contributed by atoms with Crippen LogP contribution < -0.4 is 10.9 Å². The number of benzene rings is 1. The second kappa shape index (κ2) is 7.29. The van der Waals surface area contributed by atoms with Crippen molar-refractivity contribution in [3.8, 4) is 0 Å². The molecule has 2 N–H and O–H groups in total. The van der Waals surface area contributed by atoms with Crippen molar-refractivity contribution in [2.75, 3.05) is 5.43 Å². The number of aromatic nitrogens is 1. The summed E-state index contributed by atoms with van der Waals surface area (Å²) >= 11 is 11.9. The van der Waals surface area contributed by atoms with Crippen molar-refractivity contribution in [2.24, 2.45) is 0 Å². The third-order valence-corrected chi connectivity index (χ3v) is 3.51. The van der Waals surface area contributed by atoms with E-state index in [0.29, 0.717) is 28.6 Å². The minimum absolute atomic E-state index is 0.139. The zero-order valence-electron chi connectivity index (χ0n) is 11.5. The van der Waals surface area contributed by atoms with Gasteiger partial charge in [-0.1, -0.05) is 53.0 Å². The maximum absolute atomic E-state index is 11.8. The van der Waals surface area contributed by atoms with Crippen LogP contribution in [0.1, 0.15) is 17.5 Å². The summed E-state index contributed by atoms with van der Waals surface area (Å²) in [5.41, 5.74) is 8.06. The second-order valence-corrected chi connectivity index (χ2v) is 5.45. The fourth-order valence-electron chi connectivity index (χ4n) is 1.74. The zero-order chi connectivity index (χ0) is 15.2. The molecule has 0 atom stereocenters. The van der Waals surface area contributed by atoms with Crippen molar-refractivity contribution in [1.82, 2.24) is 10.4 Å². The number of aryl methyl sites for hydroxylation is 2. The van der Waals surface area contributed by atoms with Gasteiger partial charge in [0.1, 0.15) is 0 Å². The Hall–Kier alpha value is -1.78. The van der Waals surface area contributed by atoms with Crippen LogP contribution >= 0.6 is 23.2 Å². The number of carbonyl (C=O) groups excluding carboxylic acids is 1. The van der Waals surface area contributed by atoms with Gasteiger partial charge in [-0.25, -0.2) is 0 Å². The number of rotatable bonds is 5. The lowest BCUT2D eigenvalue weighted by Crippen LogP contribution is -2.29. The van der Waals surface area contributed by atoms with Gasteiger partial charge in [0.25, 0.3) is 0 Å². The van der Waals surface area contributed by atoms with Crippen LogP contribution in [0, 0.1) is 6.92 Å². The highest BCUT2D eigenvalue weighted by molar-refractivity contribution is 6.38. The van der Waals surface area contributed by atoms with Gasteiger partial charge in [0.05, 0.1) is 15.7 Å². The molecule has 0 aliphatic heterocycles. The zero-order valence-corrected chi connectivity index (χ0v) is 13.0. The fraction of sp³-hybridized carbons (Fsp3) is 0.200. The Morgan fingerprint density at radius 2 is 1.76 bits per heavy atom. The average molecular weight is 324 g/mol. The summed E-state index contributed by atoms with van der Waals surface area (Å²) in [6.07, 6.45) is 3.95. The molecule has 1 amide bonds. The highest BCUT2D eigenvalue weighted by atomic mass is 35.5. The molecule has 21 heavy (non-hydrogen) atoms. The average Bonchev–Trinajstić information content (AvgIpc) is 2.46. The van der Waals surface area contributed by atoms with Crippen molar-refractivity contribution < 1.29 is 4.79 Å². The van der Waals surface area contributed by atoms with Crippen LogP contribution in [0.2, 0.25) is 10.0 Å². The van der Waals surface area contributed by atoms with Gasteiger partial charge in [0.2, 0.25) is 5.91 Å². The molecule has 0 saturated carbocycles. The van der Waals surface area contributed by atoms with Gasteiger partial charge < -0.3 is 0 Å². The summed E-state index contributed by atoms with van der Waals surface area (Å²) in [6.45, 7) is 2.03. The van der Waals surface area contributed by atoms with E-state index in [-0.39, 0.29) is 5.91 Å². The van der Waals surface area contributed by atoms with Crippen LogP contribution in [0.15, 0.2) is 36.7 Å². The number of amides is 1. The highest BCUT2D eigenvalue weighted by Crippen LogP contribution is 2.27. The van der Waals surface area contributed by atoms with Crippen LogP contribution in [-0.4, -0.2) is 10.9 Å². The molecule has 0 radical (unpaired) electrons. The first-order valence-electron chi connectivity index (χ1n) is 6.45. The molecule has 4 nitrogen and oxygen atoms in total. The lowest BCUT2D eigenvalue weighted by Gasteiger charge is -2.11. The number of nitrogens with one attached hydrogen (secondary N) is 2. The van der Waals surface area contributed by atoms with Crippen molar-refractivity contribution in [1.29, 1.82) is 0 Å². The second-order valence-electron chi connectivity index (χ2n) is 4.64. The molecular formula is C15H15Cl2N3O. The Labute approximate surface area is 133 Å². The molecule has 0 spiro atoms. The van der Waals surface area contributed by atoms with Gasteiger partial charge in [-0.3, -0.25) is 20.6 Å². The summed E-state index contributed by atoms with van der Waals surface area (Å²) in [6, 6.07) is 8.10. The van der Waals surface area contributed by atoms with Crippen molar-refractivity contribution in [3.63, 3.8) is 0 Å². The molecule has 0 fully saturated rings. The molecule has 6 heteroatoms. The van der Waals surface area contributed by atoms with Gasteiger partial charge in [-0.15, -0.1) is 0 Å². The Bertz CT molecular complexity index is 609. The third-order valence-electron chi connectivity index (χ3n) is 2.94. The summed E-state index contributed by atoms with van der Waals surface area (Å²) < 4.78 is 0. The summed E-state index contributed by atoms with van der Waals surface area (Å²) in [5.74, 6) is -0.139. The maximum atomic E-state index is 11.8. The molecule has 1 heterocycles. The summed E-state index contributed by atoms with van der Waals surface area (Å²) in [4.78, 5) is 15.6. The number of nitrogens with zero attached hydrogens (tertiary/aromatic N) is 1. The third kappa shape index (κ3) is 4.62. The lowest BCUT2D eigenvalue weighted by atomic mass is 10.1. The molecule has 0 aliphatic rings. The number of hydrogen-bond acceptors (Lipinski definition) is 3. The minimum atomic E-state index is -0.139. The van der Waals surface area contributed by atoms with Crippen LogP contribution in [0.25, 0.3) is 0 Å². The first kappa shape index (κ1) is 15.6. The van der Waals surface area contributed by atoms with E-state index in [1.54, 1.807) is 0 Å². The number of anilines is 1. The SMILES string of the molecule is Cc1ccc(CCC(=O)NNc2c(Cl)cncc2Cl)cc1. The van der Waals surface area contributed by atoms with Crippen LogP contribution in [0.5, 0.6) is 0 Å². The Morgan fingerprint density at radius 1 is 1.14 bits per heavy atom.